The van der Waals surface area contributed by atoms with Crippen molar-refractivity contribution in [3.8, 4) is 11.1 Å². The molecule has 1 N–H and O–H groups in total. The highest BCUT2D eigenvalue weighted by atomic mass is 19.1. The quantitative estimate of drug-likeness (QED) is 0.400. The van der Waals surface area contributed by atoms with E-state index in [1.807, 2.05) is 37.3 Å². The Morgan fingerprint density at radius 3 is 2.43 bits per heavy atom. The molecular weight excluding hydrogens is 347 g/mol. The normalized spacial score (nSPS) is 11.3. The number of allylic oxidation sites excluding steroid dienone is 2. The molecule has 0 saturated heterocycles. The molecule has 1 heterocycles. The molecule has 0 amide bonds. The molecule has 0 fully saturated rings. The Hall–Kier alpha value is -2.52. The fourth-order valence-electron chi connectivity index (χ4n) is 3.42. The van der Waals surface area contributed by atoms with Gasteiger partial charge in [0, 0.05) is 24.2 Å². The van der Waals surface area contributed by atoms with Crippen LogP contribution in [0.15, 0.2) is 55.7 Å². The standard InChI is InChI=1S/C25H31FN2/c1-6-9-22-24(19-11-13-20(26)14-12-19)21(15-17-27-16-8-3)23(10-7-2)28-25(22)18(4)5/h6-9,11-14,18,27H,2-3,10,15-17H2,1,4-5H3/b9-6+. The third-order valence-corrected chi connectivity index (χ3v) is 4.64. The second-order valence-corrected chi connectivity index (χ2v) is 7.11. The maximum Gasteiger partial charge on any atom is 0.123 e. The minimum absolute atomic E-state index is 0.227. The minimum Gasteiger partial charge on any atom is -0.313 e. The first-order valence-electron chi connectivity index (χ1n) is 9.90. The molecule has 2 rings (SSSR count). The molecule has 0 bridgehead atoms. The lowest BCUT2D eigenvalue weighted by Gasteiger charge is -2.22. The predicted octanol–water partition coefficient (Wildman–Crippen LogP) is 6.09. The van der Waals surface area contributed by atoms with Crippen LogP contribution in [0.4, 0.5) is 4.39 Å². The van der Waals surface area contributed by atoms with Crippen LogP contribution in [0.25, 0.3) is 17.2 Å². The van der Waals surface area contributed by atoms with Crippen LogP contribution in [0.1, 0.15) is 49.2 Å². The number of hydrogen-bond acceptors (Lipinski definition) is 2. The zero-order valence-electron chi connectivity index (χ0n) is 17.3. The zero-order chi connectivity index (χ0) is 20.5. The van der Waals surface area contributed by atoms with Gasteiger partial charge in [-0.3, -0.25) is 4.98 Å². The van der Waals surface area contributed by atoms with E-state index in [1.54, 1.807) is 0 Å². The Kier molecular flexibility index (Phi) is 8.34. The van der Waals surface area contributed by atoms with Crippen molar-refractivity contribution in [3.05, 3.63) is 84.0 Å². The Morgan fingerprint density at radius 2 is 1.86 bits per heavy atom. The monoisotopic (exact) mass is 378 g/mol. The number of hydrogen-bond donors (Lipinski definition) is 1. The fourth-order valence-corrected chi connectivity index (χ4v) is 3.42. The molecule has 3 heteroatoms. The van der Waals surface area contributed by atoms with E-state index < -0.39 is 0 Å². The number of nitrogens with zero attached hydrogens (tertiary/aromatic N) is 1. The average molecular weight is 379 g/mol. The molecule has 0 unspecified atom stereocenters. The summed E-state index contributed by atoms with van der Waals surface area (Å²) in [4.78, 5) is 5.04. The van der Waals surface area contributed by atoms with Gasteiger partial charge >= 0.3 is 0 Å². The molecule has 0 aliphatic carbocycles. The molecule has 0 aliphatic heterocycles. The van der Waals surface area contributed by atoms with Crippen LogP contribution in [0.3, 0.4) is 0 Å². The van der Waals surface area contributed by atoms with Crippen molar-refractivity contribution < 1.29 is 4.39 Å². The van der Waals surface area contributed by atoms with Crippen molar-refractivity contribution in [2.24, 2.45) is 0 Å². The van der Waals surface area contributed by atoms with E-state index in [0.29, 0.717) is 6.42 Å². The van der Waals surface area contributed by atoms with Gasteiger partial charge in [-0.05, 0) is 54.6 Å². The molecular formula is C25H31FN2. The lowest BCUT2D eigenvalue weighted by atomic mass is 9.87. The molecule has 0 radical (unpaired) electrons. The van der Waals surface area contributed by atoms with E-state index in [0.717, 1.165) is 47.6 Å². The highest BCUT2D eigenvalue weighted by Crippen LogP contribution is 2.35. The Balaban J connectivity index is 2.76. The summed E-state index contributed by atoms with van der Waals surface area (Å²) in [5.41, 5.74) is 6.59. The molecule has 28 heavy (non-hydrogen) atoms. The molecule has 1 aromatic carbocycles. The van der Waals surface area contributed by atoms with Crippen LogP contribution in [0.5, 0.6) is 0 Å². The van der Waals surface area contributed by atoms with E-state index in [9.17, 15) is 4.39 Å². The second kappa shape index (κ2) is 10.7. The summed E-state index contributed by atoms with van der Waals surface area (Å²) in [5.74, 6) is 0.0527. The highest BCUT2D eigenvalue weighted by molar-refractivity contribution is 5.80. The SMILES string of the molecule is C=CCNCCc1c(CC=C)nc(C(C)C)c(/C=C/C)c1-c1ccc(F)cc1. The number of halogens is 1. The van der Waals surface area contributed by atoms with Gasteiger partial charge in [0.05, 0.1) is 5.69 Å². The van der Waals surface area contributed by atoms with Gasteiger partial charge in [0.1, 0.15) is 5.82 Å². The summed E-state index contributed by atoms with van der Waals surface area (Å²) in [6, 6.07) is 6.77. The topological polar surface area (TPSA) is 24.9 Å². The number of rotatable bonds is 10. The van der Waals surface area contributed by atoms with E-state index in [2.05, 4.69) is 38.4 Å². The van der Waals surface area contributed by atoms with E-state index >= 15 is 0 Å². The number of benzene rings is 1. The van der Waals surface area contributed by atoms with Gasteiger partial charge in [-0.15, -0.1) is 13.2 Å². The smallest absolute Gasteiger partial charge is 0.123 e. The molecule has 148 valence electrons. The molecule has 1 aromatic heterocycles. The van der Waals surface area contributed by atoms with Gasteiger partial charge in [-0.25, -0.2) is 4.39 Å². The highest BCUT2D eigenvalue weighted by Gasteiger charge is 2.20. The van der Waals surface area contributed by atoms with Crippen LogP contribution in [0, 0.1) is 5.82 Å². The second-order valence-electron chi connectivity index (χ2n) is 7.11. The van der Waals surface area contributed by atoms with Gasteiger partial charge in [0.25, 0.3) is 0 Å². The summed E-state index contributed by atoms with van der Waals surface area (Å²) < 4.78 is 13.6. The molecule has 0 aliphatic rings. The summed E-state index contributed by atoms with van der Waals surface area (Å²) in [6.07, 6.45) is 9.47. The number of nitrogens with one attached hydrogen (secondary N) is 1. The van der Waals surface area contributed by atoms with Crippen molar-refractivity contribution >= 4 is 6.08 Å². The maximum absolute atomic E-state index is 13.6. The third kappa shape index (κ3) is 5.26. The Bertz CT molecular complexity index is 833. The number of aromatic nitrogens is 1. The lowest BCUT2D eigenvalue weighted by molar-refractivity contribution is 0.628. The van der Waals surface area contributed by atoms with Gasteiger partial charge in [-0.2, -0.15) is 0 Å². The van der Waals surface area contributed by atoms with Crippen molar-refractivity contribution in [2.45, 2.75) is 39.5 Å². The van der Waals surface area contributed by atoms with Gasteiger partial charge in [0.15, 0.2) is 0 Å². The van der Waals surface area contributed by atoms with Gasteiger partial charge < -0.3 is 5.32 Å². The van der Waals surface area contributed by atoms with Crippen LogP contribution < -0.4 is 5.32 Å². The van der Waals surface area contributed by atoms with Crippen molar-refractivity contribution in [1.29, 1.82) is 0 Å². The Morgan fingerprint density at radius 1 is 1.14 bits per heavy atom. The average Bonchev–Trinajstić information content (AvgIpc) is 2.67. The van der Waals surface area contributed by atoms with Crippen molar-refractivity contribution in [1.82, 2.24) is 10.3 Å². The zero-order valence-corrected chi connectivity index (χ0v) is 17.3. The molecule has 0 spiro atoms. The van der Waals surface area contributed by atoms with E-state index in [4.69, 9.17) is 4.98 Å². The van der Waals surface area contributed by atoms with Gasteiger partial charge in [0.2, 0.25) is 0 Å². The first-order valence-corrected chi connectivity index (χ1v) is 9.90. The number of pyridine rings is 1. The maximum atomic E-state index is 13.6. The summed E-state index contributed by atoms with van der Waals surface area (Å²) >= 11 is 0. The first-order chi connectivity index (χ1) is 13.5. The van der Waals surface area contributed by atoms with Crippen molar-refractivity contribution in [3.63, 3.8) is 0 Å². The molecule has 2 aromatic rings. The van der Waals surface area contributed by atoms with Crippen LogP contribution in [0.2, 0.25) is 0 Å². The molecule has 2 nitrogen and oxygen atoms in total. The van der Waals surface area contributed by atoms with Crippen LogP contribution >= 0.6 is 0 Å². The predicted molar refractivity (Wildman–Crippen MR) is 119 cm³/mol. The fraction of sp³-hybridized carbons (Fsp3) is 0.320. The van der Waals surface area contributed by atoms with E-state index in [-0.39, 0.29) is 11.7 Å². The molecule has 0 saturated carbocycles. The van der Waals surface area contributed by atoms with Crippen molar-refractivity contribution in [2.75, 3.05) is 13.1 Å². The van der Waals surface area contributed by atoms with Gasteiger partial charge in [-0.1, -0.05) is 50.3 Å². The largest absolute Gasteiger partial charge is 0.313 e. The summed E-state index contributed by atoms with van der Waals surface area (Å²) in [7, 11) is 0. The van der Waals surface area contributed by atoms with Crippen LogP contribution in [-0.4, -0.2) is 18.1 Å². The van der Waals surface area contributed by atoms with Crippen LogP contribution in [-0.2, 0) is 12.8 Å². The molecule has 0 atom stereocenters. The third-order valence-electron chi connectivity index (χ3n) is 4.64. The lowest BCUT2D eigenvalue weighted by Crippen LogP contribution is -2.19. The summed E-state index contributed by atoms with van der Waals surface area (Å²) in [5, 5.41) is 3.38. The summed E-state index contributed by atoms with van der Waals surface area (Å²) in [6.45, 7) is 15.6. The van der Waals surface area contributed by atoms with E-state index in [1.165, 1.54) is 17.7 Å². The first kappa shape index (κ1) is 21.8. The minimum atomic E-state index is -0.227. The Labute approximate surface area is 168 Å².